The van der Waals surface area contributed by atoms with Crippen LogP contribution in [0.25, 0.3) is 0 Å². The normalized spacial score (nSPS) is 11.8. The van der Waals surface area contributed by atoms with Crippen molar-refractivity contribution in [3.8, 4) is 5.75 Å². The van der Waals surface area contributed by atoms with Gasteiger partial charge in [0.1, 0.15) is 5.75 Å². The fourth-order valence-corrected chi connectivity index (χ4v) is 3.26. The minimum atomic E-state index is -0.168. The van der Waals surface area contributed by atoms with Crippen molar-refractivity contribution in [3.63, 3.8) is 0 Å². The van der Waals surface area contributed by atoms with E-state index in [1.807, 2.05) is 50.2 Å². The molecule has 0 aliphatic carbocycles. The number of aryl methyl sites for hydroxylation is 1. The molecule has 2 rings (SSSR count). The van der Waals surface area contributed by atoms with Gasteiger partial charge in [-0.1, -0.05) is 36.7 Å². The monoisotopic (exact) mass is 349 g/mol. The van der Waals surface area contributed by atoms with Crippen LogP contribution in [-0.4, -0.2) is 18.3 Å². The van der Waals surface area contributed by atoms with Crippen LogP contribution >= 0.6 is 23.4 Å². The zero-order valence-electron chi connectivity index (χ0n) is 13.4. The van der Waals surface area contributed by atoms with Crippen molar-refractivity contribution in [2.75, 3.05) is 12.4 Å². The van der Waals surface area contributed by atoms with Crippen molar-refractivity contribution in [3.05, 3.63) is 53.1 Å². The molecule has 1 atom stereocenters. The molecule has 2 aromatic rings. The van der Waals surface area contributed by atoms with Gasteiger partial charge in [0.25, 0.3) is 0 Å². The first kappa shape index (κ1) is 17.7. The molecular formula is C18H20ClNO2S. The Balaban J connectivity index is 2.15. The molecule has 1 amide bonds. The van der Waals surface area contributed by atoms with Gasteiger partial charge in [-0.15, -0.1) is 11.8 Å². The van der Waals surface area contributed by atoms with Gasteiger partial charge in [0, 0.05) is 16.0 Å². The molecule has 5 heteroatoms. The molecule has 2 aromatic carbocycles. The number of amides is 1. The van der Waals surface area contributed by atoms with Gasteiger partial charge < -0.3 is 10.1 Å². The summed E-state index contributed by atoms with van der Waals surface area (Å²) in [6, 6.07) is 13.5. The summed E-state index contributed by atoms with van der Waals surface area (Å²) in [6.07, 6.45) is 0.736. The van der Waals surface area contributed by atoms with E-state index in [1.165, 1.54) is 0 Å². The molecular weight excluding hydrogens is 330 g/mol. The molecule has 3 nitrogen and oxygen atoms in total. The lowest BCUT2D eigenvalue weighted by Crippen LogP contribution is -2.24. The van der Waals surface area contributed by atoms with E-state index in [0.29, 0.717) is 16.5 Å². The maximum atomic E-state index is 12.6. The summed E-state index contributed by atoms with van der Waals surface area (Å²) >= 11 is 7.66. The van der Waals surface area contributed by atoms with Gasteiger partial charge in [0.2, 0.25) is 5.91 Å². The maximum absolute atomic E-state index is 12.6. The number of methoxy groups -OCH3 is 1. The molecule has 0 saturated heterocycles. The highest BCUT2D eigenvalue weighted by atomic mass is 35.5. The third-order valence-corrected chi connectivity index (χ3v) is 5.21. The lowest BCUT2D eigenvalue weighted by Gasteiger charge is -2.17. The number of halogens is 1. The van der Waals surface area contributed by atoms with Crippen molar-refractivity contribution in [2.45, 2.75) is 30.4 Å². The van der Waals surface area contributed by atoms with E-state index in [0.717, 1.165) is 16.9 Å². The number of rotatable bonds is 6. The summed E-state index contributed by atoms with van der Waals surface area (Å²) in [4.78, 5) is 13.7. The van der Waals surface area contributed by atoms with Gasteiger partial charge in [-0.3, -0.25) is 4.79 Å². The van der Waals surface area contributed by atoms with E-state index in [2.05, 4.69) is 5.32 Å². The van der Waals surface area contributed by atoms with Crippen LogP contribution in [0.4, 0.5) is 5.69 Å². The first-order valence-electron chi connectivity index (χ1n) is 7.41. The van der Waals surface area contributed by atoms with Crippen LogP contribution in [0.3, 0.4) is 0 Å². The van der Waals surface area contributed by atoms with Crippen LogP contribution in [0.2, 0.25) is 5.02 Å². The van der Waals surface area contributed by atoms with Gasteiger partial charge in [0.15, 0.2) is 0 Å². The first-order valence-corrected chi connectivity index (χ1v) is 8.67. The maximum Gasteiger partial charge on any atom is 0.237 e. The summed E-state index contributed by atoms with van der Waals surface area (Å²) in [7, 11) is 1.56. The van der Waals surface area contributed by atoms with Crippen molar-refractivity contribution in [1.29, 1.82) is 0 Å². The van der Waals surface area contributed by atoms with E-state index in [4.69, 9.17) is 16.3 Å². The third-order valence-electron chi connectivity index (χ3n) is 3.42. The van der Waals surface area contributed by atoms with Crippen LogP contribution < -0.4 is 10.1 Å². The van der Waals surface area contributed by atoms with Crippen molar-refractivity contribution >= 4 is 35.0 Å². The predicted octanol–water partition coefficient (Wildman–Crippen LogP) is 5.17. The molecule has 0 aliphatic heterocycles. The Bertz CT molecular complexity index is 676. The predicted molar refractivity (Wildman–Crippen MR) is 97.7 cm³/mol. The Morgan fingerprint density at radius 2 is 2.00 bits per heavy atom. The summed E-state index contributed by atoms with van der Waals surface area (Å²) < 4.78 is 5.31. The van der Waals surface area contributed by atoms with Crippen molar-refractivity contribution < 1.29 is 9.53 Å². The van der Waals surface area contributed by atoms with E-state index < -0.39 is 0 Å². The molecule has 0 bridgehead atoms. The molecule has 0 radical (unpaired) electrons. The highest BCUT2D eigenvalue weighted by Gasteiger charge is 2.19. The standard InChI is InChI=1S/C18H20ClNO2S/c1-4-17(23-13-8-6-5-7-9-13)18(21)20-15-10-12(2)14(19)11-16(15)22-3/h5-11,17H,4H2,1-3H3,(H,20,21). The fraction of sp³-hybridized carbons (Fsp3) is 0.278. The SMILES string of the molecule is CCC(Sc1ccccc1)C(=O)Nc1cc(C)c(Cl)cc1OC. The van der Waals surface area contributed by atoms with Gasteiger partial charge in [0.05, 0.1) is 18.0 Å². The quantitative estimate of drug-likeness (QED) is 0.731. The zero-order valence-corrected chi connectivity index (χ0v) is 15.0. The molecule has 0 aliphatic rings. The Morgan fingerprint density at radius 3 is 2.61 bits per heavy atom. The molecule has 1 N–H and O–H groups in total. The highest BCUT2D eigenvalue weighted by Crippen LogP contribution is 2.32. The smallest absolute Gasteiger partial charge is 0.237 e. The molecule has 23 heavy (non-hydrogen) atoms. The van der Waals surface area contributed by atoms with Crippen molar-refractivity contribution in [1.82, 2.24) is 0 Å². The number of benzene rings is 2. The van der Waals surface area contributed by atoms with Crippen LogP contribution in [0, 0.1) is 6.92 Å². The van der Waals surface area contributed by atoms with Crippen LogP contribution in [0.15, 0.2) is 47.4 Å². The second kappa shape index (κ2) is 8.27. The zero-order chi connectivity index (χ0) is 16.8. The summed E-state index contributed by atoms with van der Waals surface area (Å²) in [6.45, 7) is 3.90. The molecule has 1 unspecified atom stereocenters. The summed E-state index contributed by atoms with van der Waals surface area (Å²) in [5.74, 6) is 0.523. The number of carbonyl (C=O) groups excluding carboxylic acids is 1. The number of hydrogen-bond donors (Lipinski definition) is 1. The van der Waals surface area contributed by atoms with E-state index in [9.17, 15) is 4.79 Å². The fourth-order valence-electron chi connectivity index (χ4n) is 2.13. The number of thioether (sulfide) groups is 1. The van der Waals surface area contributed by atoms with Crippen molar-refractivity contribution in [2.24, 2.45) is 0 Å². The average Bonchev–Trinajstić information content (AvgIpc) is 2.56. The number of hydrogen-bond acceptors (Lipinski definition) is 3. The van der Waals surface area contributed by atoms with Gasteiger partial charge in [-0.2, -0.15) is 0 Å². The first-order chi connectivity index (χ1) is 11.0. The van der Waals surface area contributed by atoms with Gasteiger partial charge in [-0.25, -0.2) is 0 Å². The molecule has 0 fully saturated rings. The molecule has 0 spiro atoms. The van der Waals surface area contributed by atoms with E-state index in [1.54, 1.807) is 24.9 Å². The Morgan fingerprint density at radius 1 is 1.30 bits per heavy atom. The largest absolute Gasteiger partial charge is 0.495 e. The minimum absolute atomic E-state index is 0.0404. The number of anilines is 1. The minimum Gasteiger partial charge on any atom is -0.495 e. The lowest BCUT2D eigenvalue weighted by atomic mass is 10.2. The molecule has 0 saturated carbocycles. The Hall–Kier alpha value is -1.65. The lowest BCUT2D eigenvalue weighted by molar-refractivity contribution is -0.115. The Labute approximate surface area is 146 Å². The van der Waals surface area contributed by atoms with Crippen LogP contribution in [0.5, 0.6) is 5.75 Å². The van der Waals surface area contributed by atoms with E-state index in [-0.39, 0.29) is 11.2 Å². The third kappa shape index (κ3) is 4.66. The molecule has 122 valence electrons. The highest BCUT2D eigenvalue weighted by molar-refractivity contribution is 8.00. The topological polar surface area (TPSA) is 38.3 Å². The molecule has 0 aromatic heterocycles. The number of ether oxygens (including phenoxy) is 1. The Kier molecular flexibility index (Phi) is 6.37. The molecule has 0 heterocycles. The van der Waals surface area contributed by atoms with E-state index >= 15 is 0 Å². The number of carbonyl (C=O) groups is 1. The average molecular weight is 350 g/mol. The van der Waals surface area contributed by atoms with Gasteiger partial charge >= 0.3 is 0 Å². The number of nitrogens with one attached hydrogen (secondary N) is 1. The van der Waals surface area contributed by atoms with Crippen LogP contribution in [-0.2, 0) is 4.79 Å². The second-order valence-corrected chi connectivity index (χ2v) is 6.80. The summed E-state index contributed by atoms with van der Waals surface area (Å²) in [5, 5.41) is 3.41. The van der Waals surface area contributed by atoms with Gasteiger partial charge in [-0.05, 0) is 37.1 Å². The van der Waals surface area contributed by atoms with Crippen LogP contribution in [0.1, 0.15) is 18.9 Å². The summed E-state index contributed by atoms with van der Waals surface area (Å²) in [5.41, 5.74) is 1.54. The second-order valence-electron chi connectivity index (χ2n) is 5.12.